The minimum atomic E-state index is -0.352. The Morgan fingerprint density at radius 2 is 2.29 bits per heavy atom. The molecule has 1 heterocycles. The molecule has 0 aliphatic rings. The third-order valence-electron chi connectivity index (χ3n) is 3.45. The number of nitrogen functional groups attached to an aromatic ring is 1. The van der Waals surface area contributed by atoms with E-state index in [1.54, 1.807) is 17.8 Å². The predicted molar refractivity (Wildman–Crippen MR) is 89.1 cm³/mol. The average molecular weight is 326 g/mol. The van der Waals surface area contributed by atoms with Crippen LogP contribution in [0.25, 0.3) is 10.1 Å². The van der Waals surface area contributed by atoms with E-state index >= 15 is 0 Å². The third kappa shape index (κ3) is 3.56. The van der Waals surface area contributed by atoms with Crippen LogP contribution in [-0.4, -0.2) is 11.7 Å². The van der Waals surface area contributed by atoms with Gasteiger partial charge in [0.05, 0.1) is 4.88 Å². The van der Waals surface area contributed by atoms with E-state index in [2.05, 4.69) is 19.3 Å². The monoisotopic (exact) mass is 326 g/mol. The van der Waals surface area contributed by atoms with Gasteiger partial charge in [-0.2, -0.15) is 11.8 Å². The lowest BCUT2D eigenvalue weighted by molar-refractivity contribution is 0.0957. The SMILES string of the molecule is CCC(C)CSCc1c(C(=O)NN)sc2cccc(F)c12. The first-order chi connectivity index (χ1) is 10.1. The molecule has 0 spiro atoms. The van der Waals surface area contributed by atoms with Crippen molar-refractivity contribution in [3.63, 3.8) is 0 Å². The number of amides is 1. The molecule has 2 aromatic rings. The Morgan fingerprint density at radius 3 is 2.95 bits per heavy atom. The fourth-order valence-corrected chi connectivity index (χ4v) is 4.51. The lowest BCUT2D eigenvalue weighted by Crippen LogP contribution is -2.29. The Morgan fingerprint density at radius 1 is 1.52 bits per heavy atom. The number of nitrogens with two attached hydrogens (primary N) is 1. The molecule has 0 saturated carbocycles. The molecule has 0 fully saturated rings. The molecule has 0 radical (unpaired) electrons. The van der Waals surface area contributed by atoms with Crippen molar-refractivity contribution in [2.45, 2.75) is 26.0 Å². The highest BCUT2D eigenvalue weighted by atomic mass is 32.2. The Hall–Kier alpha value is -1.11. The second-order valence-electron chi connectivity index (χ2n) is 5.02. The quantitative estimate of drug-likeness (QED) is 0.480. The first-order valence-electron chi connectivity index (χ1n) is 6.87. The van der Waals surface area contributed by atoms with Gasteiger partial charge >= 0.3 is 0 Å². The lowest BCUT2D eigenvalue weighted by Gasteiger charge is -2.08. The molecule has 3 nitrogen and oxygen atoms in total. The summed E-state index contributed by atoms with van der Waals surface area (Å²) < 4.78 is 14.9. The van der Waals surface area contributed by atoms with E-state index in [-0.39, 0.29) is 11.7 Å². The number of thiophene rings is 1. The van der Waals surface area contributed by atoms with Crippen LogP contribution in [0.1, 0.15) is 35.5 Å². The number of benzene rings is 1. The number of halogens is 1. The summed E-state index contributed by atoms with van der Waals surface area (Å²) in [6.07, 6.45) is 1.11. The number of hydrogen-bond donors (Lipinski definition) is 2. The van der Waals surface area contributed by atoms with Gasteiger partial charge in [0.15, 0.2) is 0 Å². The van der Waals surface area contributed by atoms with Crippen LogP contribution in [0.4, 0.5) is 4.39 Å². The van der Waals surface area contributed by atoms with Crippen molar-refractivity contribution >= 4 is 39.1 Å². The molecule has 6 heteroatoms. The summed E-state index contributed by atoms with van der Waals surface area (Å²) in [5.41, 5.74) is 2.91. The Bertz CT molecular complexity index is 642. The first kappa shape index (κ1) is 16.3. The van der Waals surface area contributed by atoms with Crippen LogP contribution < -0.4 is 11.3 Å². The first-order valence-corrected chi connectivity index (χ1v) is 8.84. The highest BCUT2D eigenvalue weighted by molar-refractivity contribution is 7.98. The number of nitrogens with one attached hydrogen (secondary N) is 1. The summed E-state index contributed by atoms with van der Waals surface area (Å²) >= 11 is 3.02. The van der Waals surface area contributed by atoms with Crippen LogP contribution >= 0.6 is 23.1 Å². The number of fused-ring (bicyclic) bond motifs is 1. The highest BCUT2D eigenvalue weighted by Crippen LogP contribution is 2.35. The van der Waals surface area contributed by atoms with Gasteiger partial charge in [0.2, 0.25) is 0 Å². The lowest BCUT2D eigenvalue weighted by atomic mass is 10.1. The minimum Gasteiger partial charge on any atom is -0.289 e. The summed E-state index contributed by atoms with van der Waals surface area (Å²) in [5, 5.41) is 0.553. The molecule has 3 N–H and O–H groups in total. The second kappa shape index (κ2) is 7.24. The molecule has 1 aromatic heterocycles. The van der Waals surface area contributed by atoms with Crippen molar-refractivity contribution in [1.29, 1.82) is 0 Å². The van der Waals surface area contributed by atoms with Crippen LogP contribution in [0.5, 0.6) is 0 Å². The molecule has 1 atom stereocenters. The van der Waals surface area contributed by atoms with Gasteiger partial charge in [-0.1, -0.05) is 26.3 Å². The molecule has 1 unspecified atom stereocenters. The van der Waals surface area contributed by atoms with Crippen LogP contribution in [0.3, 0.4) is 0 Å². The highest BCUT2D eigenvalue weighted by Gasteiger charge is 2.20. The molecule has 0 aliphatic heterocycles. The molecular weight excluding hydrogens is 307 g/mol. The van der Waals surface area contributed by atoms with Gasteiger partial charge in [-0.05, 0) is 29.4 Å². The van der Waals surface area contributed by atoms with Crippen molar-refractivity contribution in [1.82, 2.24) is 5.43 Å². The smallest absolute Gasteiger partial charge is 0.275 e. The van der Waals surface area contributed by atoms with Gasteiger partial charge in [-0.25, -0.2) is 10.2 Å². The zero-order valence-corrected chi connectivity index (χ0v) is 13.7. The molecule has 1 aromatic carbocycles. The van der Waals surface area contributed by atoms with Crippen molar-refractivity contribution in [3.05, 3.63) is 34.5 Å². The molecule has 0 saturated heterocycles. The van der Waals surface area contributed by atoms with E-state index in [4.69, 9.17) is 5.84 Å². The summed E-state index contributed by atoms with van der Waals surface area (Å²) in [7, 11) is 0. The summed E-state index contributed by atoms with van der Waals surface area (Å²) in [5.74, 6) is 6.83. The number of rotatable bonds is 6. The average Bonchev–Trinajstić information content (AvgIpc) is 2.86. The van der Waals surface area contributed by atoms with Crippen molar-refractivity contribution in [3.8, 4) is 0 Å². The maximum absolute atomic E-state index is 14.1. The Labute approximate surface area is 132 Å². The molecule has 21 heavy (non-hydrogen) atoms. The fourth-order valence-electron chi connectivity index (χ4n) is 2.03. The Kier molecular flexibility index (Phi) is 5.61. The predicted octanol–water partition coefficient (Wildman–Crippen LogP) is 3.92. The van der Waals surface area contributed by atoms with E-state index in [0.29, 0.717) is 21.9 Å². The second-order valence-corrected chi connectivity index (χ2v) is 7.11. The van der Waals surface area contributed by atoms with Gasteiger partial charge in [0.1, 0.15) is 5.82 Å². The van der Waals surface area contributed by atoms with Gasteiger partial charge in [0, 0.05) is 15.8 Å². The molecule has 0 aliphatic carbocycles. The van der Waals surface area contributed by atoms with Crippen LogP contribution in [-0.2, 0) is 5.75 Å². The maximum Gasteiger partial charge on any atom is 0.275 e. The van der Waals surface area contributed by atoms with E-state index in [0.717, 1.165) is 22.4 Å². The standard InChI is InChI=1S/C15H19FN2OS2/c1-3-9(2)7-20-8-10-13-11(16)5-4-6-12(13)21-14(10)15(19)18-17/h4-6,9H,3,7-8,17H2,1-2H3,(H,18,19). The van der Waals surface area contributed by atoms with Gasteiger partial charge in [-0.15, -0.1) is 11.3 Å². The summed E-state index contributed by atoms with van der Waals surface area (Å²) in [4.78, 5) is 12.4. The van der Waals surface area contributed by atoms with E-state index < -0.39 is 0 Å². The van der Waals surface area contributed by atoms with Crippen LogP contribution in [0, 0.1) is 11.7 Å². The summed E-state index contributed by atoms with van der Waals surface area (Å²) in [6, 6.07) is 4.93. The molecule has 2 rings (SSSR count). The number of carbonyl (C=O) groups excluding carboxylic acids is 1. The van der Waals surface area contributed by atoms with Crippen molar-refractivity contribution in [2.75, 3.05) is 5.75 Å². The number of carbonyl (C=O) groups is 1. The normalized spacial score (nSPS) is 12.6. The minimum absolute atomic E-state index is 0.279. The van der Waals surface area contributed by atoms with Crippen molar-refractivity contribution < 1.29 is 9.18 Å². The van der Waals surface area contributed by atoms with Crippen LogP contribution in [0.2, 0.25) is 0 Å². The number of thioether (sulfide) groups is 1. The molecule has 1 amide bonds. The molecule has 114 valence electrons. The molecular formula is C15H19FN2OS2. The number of hydrogen-bond acceptors (Lipinski definition) is 4. The summed E-state index contributed by atoms with van der Waals surface area (Å²) in [6.45, 7) is 4.34. The largest absolute Gasteiger partial charge is 0.289 e. The third-order valence-corrected chi connectivity index (χ3v) is 5.94. The van der Waals surface area contributed by atoms with E-state index in [1.165, 1.54) is 17.4 Å². The fraction of sp³-hybridized carbons (Fsp3) is 0.400. The number of hydrazine groups is 1. The van der Waals surface area contributed by atoms with E-state index in [1.807, 2.05) is 6.07 Å². The zero-order valence-electron chi connectivity index (χ0n) is 12.1. The van der Waals surface area contributed by atoms with Crippen LogP contribution in [0.15, 0.2) is 18.2 Å². The molecule has 0 bridgehead atoms. The maximum atomic E-state index is 14.1. The van der Waals surface area contributed by atoms with Gasteiger partial charge < -0.3 is 0 Å². The Balaban J connectivity index is 2.35. The van der Waals surface area contributed by atoms with Gasteiger partial charge in [0.25, 0.3) is 5.91 Å². The van der Waals surface area contributed by atoms with Crippen molar-refractivity contribution in [2.24, 2.45) is 11.8 Å². The zero-order chi connectivity index (χ0) is 15.4. The van der Waals surface area contributed by atoms with E-state index in [9.17, 15) is 9.18 Å². The van der Waals surface area contributed by atoms with Gasteiger partial charge in [-0.3, -0.25) is 10.2 Å². The topological polar surface area (TPSA) is 55.1 Å².